The van der Waals surface area contributed by atoms with E-state index in [1.807, 2.05) is 18.2 Å². The van der Waals surface area contributed by atoms with Crippen LogP contribution < -0.4 is 21.7 Å². The van der Waals surface area contributed by atoms with Crippen molar-refractivity contribution in [1.29, 1.82) is 0 Å². The number of carbonyl (C=O) groups is 2. The number of hydrogen-bond acceptors (Lipinski definition) is 3. The number of aliphatic imine (C=N–C) groups is 1. The second-order valence-electron chi connectivity index (χ2n) is 6.29. The van der Waals surface area contributed by atoms with Gasteiger partial charge in [0.2, 0.25) is 5.91 Å². The molecule has 0 bridgehead atoms. The first kappa shape index (κ1) is 21.0. The highest BCUT2D eigenvalue weighted by Crippen LogP contribution is 2.04. The predicted molar refractivity (Wildman–Crippen MR) is 111 cm³/mol. The molecule has 0 aliphatic rings. The number of primary amides is 1. The average Bonchev–Trinajstić information content (AvgIpc) is 2.72. The highest BCUT2D eigenvalue weighted by Gasteiger charge is 2.06. The lowest BCUT2D eigenvalue weighted by Crippen LogP contribution is -2.37. The van der Waals surface area contributed by atoms with Crippen molar-refractivity contribution in [3.63, 3.8) is 0 Å². The smallest absolute Gasteiger partial charge is 0.251 e. The molecule has 0 aliphatic heterocycles. The Hall–Kier alpha value is -3.35. The lowest BCUT2D eigenvalue weighted by Gasteiger charge is -2.12. The lowest BCUT2D eigenvalue weighted by molar-refractivity contribution is -0.117. The first-order chi connectivity index (χ1) is 13.6. The predicted octanol–water partition coefficient (Wildman–Crippen LogP) is 1.20. The number of hydrogen-bond donors (Lipinski definition) is 4. The Morgan fingerprint density at radius 1 is 0.929 bits per heavy atom. The summed E-state index contributed by atoms with van der Waals surface area (Å²) in [6.07, 6.45) is 2.03. The van der Waals surface area contributed by atoms with Crippen LogP contribution in [0.5, 0.6) is 0 Å². The minimum absolute atomic E-state index is 0.172. The molecule has 0 aromatic heterocycles. The van der Waals surface area contributed by atoms with Gasteiger partial charge in [-0.15, -0.1) is 0 Å². The number of aryl methyl sites for hydroxylation is 1. The third-order valence-electron chi connectivity index (χ3n) is 4.10. The number of benzene rings is 2. The molecule has 5 N–H and O–H groups in total. The molecule has 0 saturated carbocycles. The lowest BCUT2D eigenvalue weighted by atomic mass is 10.1. The quantitative estimate of drug-likeness (QED) is 0.297. The van der Waals surface area contributed by atoms with Gasteiger partial charge in [-0.1, -0.05) is 42.5 Å². The molecule has 148 valence electrons. The zero-order valence-electron chi connectivity index (χ0n) is 16.1. The van der Waals surface area contributed by atoms with Crippen LogP contribution in [0.3, 0.4) is 0 Å². The molecule has 0 fully saturated rings. The second-order valence-corrected chi connectivity index (χ2v) is 6.29. The molecule has 2 aromatic carbocycles. The van der Waals surface area contributed by atoms with Crippen molar-refractivity contribution in [3.8, 4) is 0 Å². The summed E-state index contributed by atoms with van der Waals surface area (Å²) in [5.74, 6) is -0.164. The number of guanidine groups is 1. The minimum atomic E-state index is -0.572. The number of nitrogens with one attached hydrogen (secondary N) is 3. The van der Waals surface area contributed by atoms with E-state index in [-0.39, 0.29) is 12.5 Å². The molecule has 0 radical (unpaired) electrons. The highest BCUT2D eigenvalue weighted by molar-refractivity contribution is 5.96. The van der Waals surface area contributed by atoms with Gasteiger partial charge in [-0.05, 0) is 36.1 Å². The van der Waals surface area contributed by atoms with Crippen LogP contribution in [0.4, 0.5) is 0 Å². The molecule has 0 saturated heterocycles. The Morgan fingerprint density at radius 2 is 1.64 bits per heavy atom. The summed E-state index contributed by atoms with van der Waals surface area (Å²) in [4.78, 5) is 26.8. The van der Waals surface area contributed by atoms with Crippen molar-refractivity contribution in [1.82, 2.24) is 16.0 Å². The Balaban J connectivity index is 1.72. The Morgan fingerprint density at radius 3 is 2.29 bits per heavy atom. The topological polar surface area (TPSA) is 109 Å². The number of rotatable bonds is 9. The highest BCUT2D eigenvalue weighted by atomic mass is 16.2. The summed E-state index contributed by atoms with van der Waals surface area (Å²) in [7, 11) is 1.73. The molecule has 0 aliphatic carbocycles. The normalized spacial score (nSPS) is 11.0. The Bertz CT molecular complexity index is 788. The molecule has 0 atom stereocenters. The van der Waals surface area contributed by atoms with Crippen LogP contribution in [-0.4, -0.2) is 37.9 Å². The molecule has 2 aromatic rings. The molecule has 2 rings (SSSR count). The summed E-state index contributed by atoms with van der Waals surface area (Å²) in [6, 6.07) is 17.5. The fourth-order valence-electron chi connectivity index (χ4n) is 2.59. The first-order valence-electron chi connectivity index (χ1n) is 9.22. The van der Waals surface area contributed by atoms with Crippen molar-refractivity contribution >= 4 is 17.8 Å². The molecule has 28 heavy (non-hydrogen) atoms. The molecule has 0 spiro atoms. The van der Waals surface area contributed by atoms with E-state index in [1.54, 1.807) is 19.2 Å². The van der Waals surface area contributed by atoms with Gasteiger partial charge >= 0.3 is 0 Å². The molecule has 0 unspecified atom stereocenters. The van der Waals surface area contributed by atoms with Crippen LogP contribution in [0.15, 0.2) is 59.6 Å². The summed E-state index contributed by atoms with van der Waals surface area (Å²) in [6.45, 7) is 1.24. The van der Waals surface area contributed by atoms with E-state index in [0.29, 0.717) is 12.1 Å². The molecule has 2 amide bonds. The van der Waals surface area contributed by atoms with Crippen molar-refractivity contribution in [3.05, 3.63) is 71.3 Å². The van der Waals surface area contributed by atoms with Crippen LogP contribution in [0, 0.1) is 0 Å². The van der Waals surface area contributed by atoms with Crippen LogP contribution >= 0.6 is 0 Å². The molecular formula is C21H27N5O2. The third kappa shape index (κ3) is 7.49. The van der Waals surface area contributed by atoms with Gasteiger partial charge in [0, 0.05) is 25.7 Å². The van der Waals surface area contributed by atoms with Gasteiger partial charge < -0.3 is 21.7 Å². The standard InChI is InChI=1S/C21H27N5O2/c1-23-21(24-13-5-8-16-6-3-2-4-7-16)26-14-17-9-11-18(12-10-17)20(28)25-15-19(22)27/h2-4,6-7,9-12H,5,8,13-15H2,1H3,(H2,22,27)(H,25,28)(H2,23,24,26). The van der Waals surface area contributed by atoms with E-state index < -0.39 is 5.91 Å². The van der Waals surface area contributed by atoms with Gasteiger partial charge in [-0.25, -0.2) is 0 Å². The van der Waals surface area contributed by atoms with Gasteiger partial charge in [0.25, 0.3) is 5.91 Å². The number of nitrogens with zero attached hydrogens (tertiary/aromatic N) is 1. The fourth-order valence-corrected chi connectivity index (χ4v) is 2.59. The average molecular weight is 381 g/mol. The van der Waals surface area contributed by atoms with Gasteiger partial charge in [0.15, 0.2) is 5.96 Å². The Kier molecular flexibility index (Phi) is 8.52. The zero-order chi connectivity index (χ0) is 20.2. The van der Waals surface area contributed by atoms with Crippen LogP contribution in [0.1, 0.15) is 27.9 Å². The molecular weight excluding hydrogens is 354 g/mol. The van der Waals surface area contributed by atoms with Gasteiger partial charge in [-0.3, -0.25) is 14.6 Å². The second kappa shape index (κ2) is 11.4. The van der Waals surface area contributed by atoms with Crippen molar-refractivity contribution in [2.75, 3.05) is 20.1 Å². The third-order valence-corrected chi connectivity index (χ3v) is 4.10. The van der Waals surface area contributed by atoms with Crippen LogP contribution in [0.2, 0.25) is 0 Å². The maximum Gasteiger partial charge on any atom is 0.251 e. The van der Waals surface area contributed by atoms with E-state index in [1.165, 1.54) is 5.56 Å². The van der Waals surface area contributed by atoms with Crippen molar-refractivity contribution in [2.45, 2.75) is 19.4 Å². The van der Waals surface area contributed by atoms with Crippen LogP contribution in [0.25, 0.3) is 0 Å². The molecule has 0 heterocycles. The van der Waals surface area contributed by atoms with Gasteiger partial charge in [-0.2, -0.15) is 0 Å². The summed E-state index contributed by atoms with van der Waals surface area (Å²) in [5, 5.41) is 9.01. The first-order valence-corrected chi connectivity index (χ1v) is 9.22. The van der Waals surface area contributed by atoms with E-state index in [2.05, 4.69) is 45.2 Å². The monoisotopic (exact) mass is 381 g/mol. The summed E-state index contributed by atoms with van der Waals surface area (Å²) >= 11 is 0. The van der Waals surface area contributed by atoms with E-state index in [9.17, 15) is 9.59 Å². The van der Waals surface area contributed by atoms with E-state index in [4.69, 9.17) is 5.73 Å². The number of carbonyl (C=O) groups excluding carboxylic acids is 2. The summed E-state index contributed by atoms with van der Waals surface area (Å²) < 4.78 is 0. The largest absolute Gasteiger partial charge is 0.368 e. The maximum absolute atomic E-state index is 11.9. The van der Waals surface area contributed by atoms with Gasteiger partial charge in [0.1, 0.15) is 0 Å². The zero-order valence-corrected chi connectivity index (χ0v) is 16.1. The maximum atomic E-state index is 11.9. The number of amides is 2. The van der Waals surface area contributed by atoms with Crippen molar-refractivity contribution in [2.24, 2.45) is 10.7 Å². The van der Waals surface area contributed by atoms with E-state index in [0.717, 1.165) is 30.9 Å². The van der Waals surface area contributed by atoms with Crippen molar-refractivity contribution < 1.29 is 9.59 Å². The molecule has 7 nitrogen and oxygen atoms in total. The van der Waals surface area contributed by atoms with Gasteiger partial charge in [0.05, 0.1) is 6.54 Å². The van der Waals surface area contributed by atoms with Crippen LogP contribution in [-0.2, 0) is 17.8 Å². The minimum Gasteiger partial charge on any atom is -0.368 e. The van der Waals surface area contributed by atoms with E-state index >= 15 is 0 Å². The fraction of sp³-hybridized carbons (Fsp3) is 0.286. The molecule has 7 heteroatoms. The SMILES string of the molecule is CN=C(NCCCc1ccccc1)NCc1ccc(C(=O)NCC(N)=O)cc1. The number of nitrogens with two attached hydrogens (primary N) is 1. The summed E-state index contributed by atoms with van der Waals surface area (Å²) in [5.41, 5.74) is 7.84. The Labute approximate surface area is 165 Å².